The Bertz CT molecular complexity index is 763. The van der Waals surface area contributed by atoms with Gasteiger partial charge in [-0.05, 0) is 60.5 Å². The summed E-state index contributed by atoms with van der Waals surface area (Å²) in [5.41, 5.74) is 2.50. The maximum atomic E-state index is 12.2. The van der Waals surface area contributed by atoms with E-state index in [1.165, 1.54) is 12.7 Å². The molecule has 0 aliphatic carbocycles. The zero-order valence-corrected chi connectivity index (χ0v) is 16.0. The first-order chi connectivity index (χ1) is 11.9. The highest BCUT2D eigenvalue weighted by atomic mass is 35.5. The summed E-state index contributed by atoms with van der Waals surface area (Å²) in [5.74, 6) is 0.694. The maximum Gasteiger partial charge on any atom is 0.257 e. The highest BCUT2D eigenvalue weighted by molar-refractivity contribution is 7.80. The summed E-state index contributed by atoms with van der Waals surface area (Å²) in [5, 5.41) is 6.25. The number of benzene rings is 2. The maximum absolute atomic E-state index is 12.2. The summed E-state index contributed by atoms with van der Waals surface area (Å²) < 4.78 is 5.07. The molecule has 0 radical (unpaired) electrons. The zero-order valence-electron chi connectivity index (χ0n) is 14.4. The number of rotatable bonds is 5. The standard InChI is InChI=1S/C19H21ClN2O2S/c1-4-12(2)13-5-8-15(9-6-13)21-19(25)22-18(23)14-7-10-17(24-3)16(20)11-14/h5-12H,4H2,1-3H3,(H2,21,22,23,25). The monoisotopic (exact) mass is 376 g/mol. The Balaban J connectivity index is 1.97. The van der Waals surface area contributed by atoms with Crippen LogP contribution < -0.4 is 15.4 Å². The van der Waals surface area contributed by atoms with E-state index in [2.05, 4.69) is 36.6 Å². The normalized spacial score (nSPS) is 11.5. The molecule has 25 heavy (non-hydrogen) atoms. The molecule has 0 spiro atoms. The summed E-state index contributed by atoms with van der Waals surface area (Å²) in [7, 11) is 1.52. The van der Waals surface area contributed by atoms with Crippen LogP contribution in [-0.2, 0) is 0 Å². The van der Waals surface area contributed by atoms with Crippen molar-refractivity contribution in [3.05, 3.63) is 58.6 Å². The van der Waals surface area contributed by atoms with Crippen LogP contribution in [0, 0.1) is 0 Å². The number of halogens is 1. The molecule has 6 heteroatoms. The van der Waals surface area contributed by atoms with Crippen molar-refractivity contribution in [3.63, 3.8) is 0 Å². The molecule has 0 fully saturated rings. The second-order valence-corrected chi connectivity index (χ2v) is 6.50. The van der Waals surface area contributed by atoms with E-state index >= 15 is 0 Å². The Morgan fingerprint density at radius 1 is 1.24 bits per heavy atom. The van der Waals surface area contributed by atoms with Crippen LogP contribution in [0.3, 0.4) is 0 Å². The quantitative estimate of drug-likeness (QED) is 0.722. The highest BCUT2D eigenvalue weighted by Crippen LogP contribution is 2.25. The van der Waals surface area contributed by atoms with Gasteiger partial charge in [0.1, 0.15) is 5.75 Å². The molecule has 0 saturated heterocycles. The van der Waals surface area contributed by atoms with E-state index in [0.29, 0.717) is 22.3 Å². The lowest BCUT2D eigenvalue weighted by molar-refractivity contribution is 0.0977. The van der Waals surface area contributed by atoms with Gasteiger partial charge < -0.3 is 10.1 Å². The molecule has 1 amide bonds. The van der Waals surface area contributed by atoms with E-state index < -0.39 is 0 Å². The number of anilines is 1. The fraction of sp³-hybridized carbons (Fsp3) is 0.263. The molecule has 0 aliphatic heterocycles. The van der Waals surface area contributed by atoms with Crippen LogP contribution in [0.25, 0.3) is 0 Å². The Morgan fingerprint density at radius 2 is 1.92 bits per heavy atom. The predicted octanol–water partition coefficient (Wildman–Crippen LogP) is 4.99. The molecule has 1 unspecified atom stereocenters. The van der Waals surface area contributed by atoms with Crippen molar-refractivity contribution in [2.75, 3.05) is 12.4 Å². The van der Waals surface area contributed by atoms with E-state index in [4.69, 9.17) is 28.6 Å². The third-order valence-corrected chi connectivity index (χ3v) is 4.49. The molecular weight excluding hydrogens is 356 g/mol. The van der Waals surface area contributed by atoms with Gasteiger partial charge >= 0.3 is 0 Å². The summed E-state index contributed by atoms with van der Waals surface area (Å²) in [4.78, 5) is 12.2. The third-order valence-electron chi connectivity index (χ3n) is 3.99. The minimum atomic E-state index is -0.335. The highest BCUT2D eigenvalue weighted by Gasteiger charge is 2.11. The second kappa shape index (κ2) is 8.83. The minimum absolute atomic E-state index is 0.230. The van der Waals surface area contributed by atoms with Gasteiger partial charge in [-0.2, -0.15) is 0 Å². The van der Waals surface area contributed by atoms with Crippen molar-refractivity contribution in [2.45, 2.75) is 26.2 Å². The molecule has 132 valence electrons. The van der Waals surface area contributed by atoms with Crippen molar-refractivity contribution in [1.82, 2.24) is 5.32 Å². The summed E-state index contributed by atoms with van der Waals surface area (Å²) in [6.45, 7) is 4.35. The van der Waals surface area contributed by atoms with Crippen molar-refractivity contribution >= 4 is 40.5 Å². The molecule has 0 aromatic heterocycles. The van der Waals surface area contributed by atoms with Crippen LogP contribution in [-0.4, -0.2) is 18.1 Å². The fourth-order valence-electron chi connectivity index (χ4n) is 2.28. The molecule has 2 aromatic carbocycles. The lowest BCUT2D eigenvalue weighted by atomic mass is 9.99. The Kier molecular flexibility index (Phi) is 6.79. The number of carbonyl (C=O) groups excluding carboxylic acids is 1. The van der Waals surface area contributed by atoms with Crippen LogP contribution in [0.4, 0.5) is 5.69 Å². The van der Waals surface area contributed by atoms with Crippen molar-refractivity contribution in [3.8, 4) is 5.75 Å². The topological polar surface area (TPSA) is 50.4 Å². The van der Waals surface area contributed by atoms with Crippen LogP contribution in [0.5, 0.6) is 5.75 Å². The van der Waals surface area contributed by atoms with Crippen LogP contribution in [0.15, 0.2) is 42.5 Å². The molecule has 2 aromatic rings. The summed E-state index contributed by atoms with van der Waals surface area (Å²) >= 11 is 11.2. The molecule has 1 atom stereocenters. The first-order valence-electron chi connectivity index (χ1n) is 8.00. The lowest BCUT2D eigenvalue weighted by Crippen LogP contribution is -2.34. The molecule has 4 nitrogen and oxygen atoms in total. The van der Waals surface area contributed by atoms with Gasteiger partial charge in [0.05, 0.1) is 12.1 Å². The molecule has 0 aliphatic rings. The van der Waals surface area contributed by atoms with E-state index in [0.717, 1.165) is 12.1 Å². The average Bonchev–Trinajstić information content (AvgIpc) is 2.61. The first-order valence-corrected chi connectivity index (χ1v) is 8.79. The number of hydrogen-bond acceptors (Lipinski definition) is 3. The van der Waals surface area contributed by atoms with Gasteiger partial charge in [-0.1, -0.05) is 37.6 Å². The second-order valence-electron chi connectivity index (χ2n) is 5.69. The summed E-state index contributed by atoms with van der Waals surface area (Å²) in [6.07, 6.45) is 1.09. The van der Waals surface area contributed by atoms with Crippen molar-refractivity contribution in [2.24, 2.45) is 0 Å². The van der Waals surface area contributed by atoms with Crippen LogP contribution >= 0.6 is 23.8 Å². The number of amides is 1. The number of hydrogen-bond donors (Lipinski definition) is 2. The molecule has 2 N–H and O–H groups in total. The molecule has 2 rings (SSSR count). The van der Waals surface area contributed by atoms with Gasteiger partial charge in [-0.25, -0.2) is 0 Å². The van der Waals surface area contributed by atoms with Crippen LogP contribution in [0.1, 0.15) is 42.1 Å². The molecule has 0 saturated carbocycles. The number of nitrogens with one attached hydrogen (secondary N) is 2. The number of thiocarbonyl (C=S) groups is 1. The molecule has 0 heterocycles. The Hall–Kier alpha value is -2.11. The van der Waals surface area contributed by atoms with Crippen LogP contribution in [0.2, 0.25) is 5.02 Å². The van der Waals surface area contributed by atoms with E-state index in [-0.39, 0.29) is 11.0 Å². The van der Waals surface area contributed by atoms with Gasteiger partial charge in [0.15, 0.2) is 5.11 Å². The SMILES string of the molecule is CCC(C)c1ccc(NC(=S)NC(=O)c2ccc(OC)c(Cl)c2)cc1. The Labute approximate surface area is 158 Å². The van der Waals surface area contributed by atoms with Gasteiger partial charge in [0.25, 0.3) is 5.91 Å². The van der Waals surface area contributed by atoms with Crippen molar-refractivity contribution < 1.29 is 9.53 Å². The fourth-order valence-corrected chi connectivity index (χ4v) is 2.74. The van der Waals surface area contributed by atoms with E-state index in [9.17, 15) is 4.79 Å². The average molecular weight is 377 g/mol. The third kappa shape index (κ3) is 5.18. The number of ether oxygens (including phenoxy) is 1. The van der Waals surface area contributed by atoms with Gasteiger partial charge in [-0.15, -0.1) is 0 Å². The predicted molar refractivity (Wildman–Crippen MR) is 107 cm³/mol. The molecule has 0 bridgehead atoms. The molecular formula is C19H21ClN2O2S. The van der Waals surface area contributed by atoms with Crippen molar-refractivity contribution in [1.29, 1.82) is 0 Å². The zero-order chi connectivity index (χ0) is 18.4. The van der Waals surface area contributed by atoms with Gasteiger partial charge in [-0.3, -0.25) is 10.1 Å². The minimum Gasteiger partial charge on any atom is -0.495 e. The smallest absolute Gasteiger partial charge is 0.257 e. The number of carbonyl (C=O) groups is 1. The van der Waals surface area contributed by atoms with Gasteiger partial charge in [0, 0.05) is 11.3 Å². The van der Waals surface area contributed by atoms with E-state index in [1.807, 2.05) is 12.1 Å². The van der Waals surface area contributed by atoms with E-state index in [1.54, 1.807) is 18.2 Å². The first kappa shape index (κ1) is 19.2. The largest absolute Gasteiger partial charge is 0.495 e. The summed E-state index contributed by atoms with van der Waals surface area (Å²) in [6, 6.07) is 12.8. The Morgan fingerprint density at radius 3 is 2.48 bits per heavy atom. The number of methoxy groups -OCH3 is 1. The lowest BCUT2D eigenvalue weighted by Gasteiger charge is -2.12. The van der Waals surface area contributed by atoms with Gasteiger partial charge in [0.2, 0.25) is 0 Å².